The minimum atomic E-state index is -0.456. The van der Waals surface area contributed by atoms with Gasteiger partial charge in [-0.3, -0.25) is 9.59 Å². The zero-order valence-electron chi connectivity index (χ0n) is 14.4. The number of thiazole rings is 1. The van der Waals surface area contributed by atoms with Gasteiger partial charge in [-0.05, 0) is 23.9 Å². The van der Waals surface area contributed by atoms with Gasteiger partial charge in [0.05, 0.1) is 25.3 Å². The molecule has 0 aliphatic carbocycles. The molecule has 0 spiro atoms. The maximum Gasteiger partial charge on any atom is 0.307 e. The van der Waals surface area contributed by atoms with Crippen molar-refractivity contribution < 1.29 is 14.3 Å². The van der Waals surface area contributed by atoms with Crippen LogP contribution in [0.4, 0.5) is 0 Å². The molecule has 134 valence electrons. The van der Waals surface area contributed by atoms with Crippen molar-refractivity contribution in [2.45, 2.75) is 19.4 Å². The van der Waals surface area contributed by atoms with E-state index in [4.69, 9.17) is 4.74 Å². The van der Waals surface area contributed by atoms with E-state index >= 15 is 0 Å². The van der Waals surface area contributed by atoms with Gasteiger partial charge in [-0.15, -0.1) is 11.3 Å². The number of methoxy groups -OCH3 is 1. The van der Waals surface area contributed by atoms with E-state index in [1.807, 2.05) is 54.1 Å². The molecule has 1 amide bonds. The van der Waals surface area contributed by atoms with Crippen LogP contribution in [0.25, 0.3) is 10.6 Å². The maximum atomic E-state index is 12.8. The number of carbonyl (C=O) groups is 2. The summed E-state index contributed by atoms with van der Waals surface area (Å²) >= 11 is 2.94. The molecule has 1 atom stereocenters. The van der Waals surface area contributed by atoms with Crippen LogP contribution in [-0.2, 0) is 9.53 Å². The molecule has 5 nitrogen and oxygen atoms in total. The molecule has 2 aromatic heterocycles. The first-order valence-corrected chi connectivity index (χ1v) is 9.77. The fourth-order valence-corrected chi connectivity index (χ4v) is 4.21. The number of hydrogen-bond acceptors (Lipinski definition) is 6. The number of nitrogens with zero attached hydrogens (tertiary/aromatic N) is 1. The molecule has 1 aromatic carbocycles. The number of esters is 1. The molecule has 0 saturated heterocycles. The van der Waals surface area contributed by atoms with Crippen LogP contribution < -0.4 is 5.32 Å². The molecule has 0 fully saturated rings. The second-order valence-corrected chi connectivity index (χ2v) is 7.44. The number of carbonyl (C=O) groups excluding carboxylic acids is 2. The Kier molecular flexibility index (Phi) is 5.80. The van der Waals surface area contributed by atoms with Crippen LogP contribution in [0.1, 0.15) is 33.4 Å². The Morgan fingerprint density at radius 3 is 2.65 bits per heavy atom. The van der Waals surface area contributed by atoms with Gasteiger partial charge in [-0.2, -0.15) is 11.3 Å². The number of hydrogen-bond donors (Lipinski definition) is 1. The quantitative estimate of drug-likeness (QED) is 0.644. The smallest absolute Gasteiger partial charge is 0.307 e. The lowest BCUT2D eigenvalue weighted by Crippen LogP contribution is -2.30. The summed E-state index contributed by atoms with van der Waals surface area (Å²) in [6.45, 7) is 1.82. The Bertz CT molecular complexity index is 889. The normalized spacial score (nSPS) is 11.8. The molecular formula is C19H18N2O3S2. The lowest BCUT2D eigenvalue weighted by atomic mass is 10.0. The monoisotopic (exact) mass is 386 g/mol. The molecule has 3 aromatic rings. The molecule has 0 unspecified atom stereocenters. The first kappa shape index (κ1) is 18.3. The number of aryl methyl sites for hydroxylation is 1. The molecular weight excluding hydrogens is 368 g/mol. The van der Waals surface area contributed by atoms with E-state index in [-0.39, 0.29) is 18.3 Å². The van der Waals surface area contributed by atoms with Gasteiger partial charge >= 0.3 is 5.97 Å². The standard InChI is InChI=1S/C19H18N2O3S2/c1-12-17(26-19(20-12)14-8-9-25-11-14)18(23)21-15(10-16(22)24-2)13-6-4-3-5-7-13/h3-9,11,15H,10H2,1-2H3,(H,21,23)/t15-/m0/s1. The summed E-state index contributed by atoms with van der Waals surface area (Å²) in [5.41, 5.74) is 2.54. The van der Waals surface area contributed by atoms with E-state index < -0.39 is 6.04 Å². The molecule has 0 aliphatic heterocycles. The lowest BCUT2D eigenvalue weighted by Gasteiger charge is -2.18. The van der Waals surface area contributed by atoms with Gasteiger partial charge in [-0.1, -0.05) is 30.3 Å². The van der Waals surface area contributed by atoms with E-state index in [9.17, 15) is 9.59 Å². The second kappa shape index (κ2) is 8.25. The van der Waals surface area contributed by atoms with E-state index in [0.29, 0.717) is 10.6 Å². The Morgan fingerprint density at radius 1 is 1.23 bits per heavy atom. The summed E-state index contributed by atoms with van der Waals surface area (Å²) in [6.07, 6.45) is 0.0709. The third-order valence-corrected chi connectivity index (χ3v) is 5.77. The van der Waals surface area contributed by atoms with Crippen molar-refractivity contribution in [2.75, 3.05) is 7.11 Å². The molecule has 0 bridgehead atoms. The summed E-state index contributed by atoms with van der Waals surface area (Å²) in [5, 5.41) is 7.75. The van der Waals surface area contributed by atoms with E-state index in [1.54, 1.807) is 11.3 Å². The van der Waals surface area contributed by atoms with Gasteiger partial charge in [0, 0.05) is 10.9 Å². The van der Waals surface area contributed by atoms with Crippen molar-refractivity contribution in [3.05, 3.63) is 63.3 Å². The zero-order chi connectivity index (χ0) is 18.5. The van der Waals surface area contributed by atoms with Crippen LogP contribution in [-0.4, -0.2) is 24.0 Å². The Balaban J connectivity index is 1.82. The fourth-order valence-electron chi connectivity index (χ4n) is 2.53. The van der Waals surface area contributed by atoms with Crippen molar-refractivity contribution in [3.8, 4) is 10.6 Å². The van der Waals surface area contributed by atoms with Gasteiger partial charge in [0.1, 0.15) is 9.88 Å². The molecule has 3 rings (SSSR count). The highest BCUT2D eigenvalue weighted by Gasteiger charge is 2.22. The predicted octanol–water partition coefficient (Wildman–Crippen LogP) is 4.21. The first-order valence-electron chi connectivity index (χ1n) is 8.01. The highest BCUT2D eigenvalue weighted by molar-refractivity contribution is 7.17. The van der Waals surface area contributed by atoms with Gasteiger partial charge in [-0.25, -0.2) is 4.98 Å². The van der Waals surface area contributed by atoms with Crippen LogP contribution >= 0.6 is 22.7 Å². The Morgan fingerprint density at radius 2 is 2.00 bits per heavy atom. The maximum absolute atomic E-state index is 12.8. The van der Waals surface area contributed by atoms with E-state index in [0.717, 1.165) is 16.1 Å². The summed E-state index contributed by atoms with van der Waals surface area (Å²) in [4.78, 5) is 29.6. The number of nitrogens with one attached hydrogen (secondary N) is 1. The molecule has 0 saturated carbocycles. The van der Waals surface area contributed by atoms with E-state index in [2.05, 4.69) is 10.3 Å². The average Bonchev–Trinajstić information content (AvgIpc) is 3.31. The highest BCUT2D eigenvalue weighted by atomic mass is 32.1. The summed E-state index contributed by atoms with van der Waals surface area (Å²) in [5.74, 6) is -0.613. The SMILES string of the molecule is COC(=O)C[C@H](NC(=O)c1sc(-c2ccsc2)nc1C)c1ccccc1. The van der Waals surface area contributed by atoms with Crippen molar-refractivity contribution >= 4 is 34.6 Å². The number of rotatable bonds is 6. The minimum absolute atomic E-state index is 0.0709. The number of ether oxygens (including phenoxy) is 1. The number of thiophene rings is 1. The first-order chi connectivity index (χ1) is 12.6. The lowest BCUT2D eigenvalue weighted by molar-refractivity contribution is -0.141. The van der Waals surface area contributed by atoms with Gasteiger partial charge in [0.15, 0.2) is 0 Å². The van der Waals surface area contributed by atoms with Crippen LogP contribution in [0, 0.1) is 6.92 Å². The third kappa shape index (κ3) is 4.17. The fraction of sp³-hybridized carbons (Fsp3) is 0.211. The predicted molar refractivity (Wildman–Crippen MR) is 103 cm³/mol. The van der Waals surface area contributed by atoms with Crippen molar-refractivity contribution in [3.63, 3.8) is 0 Å². The highest BCUT2D eigenvalue weighted by Crippen LogP contribution is 2.30. The summed E-state index contributed by atoms with van der Waals surface area (Å²) in [6, 6.07) is 10.9. The number of aromatic nitrogens is 1. The second-order valence-electron chi connectivity index (χ2n) is 5.66. The van der Waals surface area contributed by atoms with Crippen LogP contribution in [0.3, 0.4) is 0 Å². The number of amides is 1. The van der Waals surface area contributed by atoms with Crippen molar-refractivity contribution in [1.29, 1.82) is 0 Å². The van der Waals surface area contributed by atoms with Crippen LogP contribution in [0.15, 0.2) is 47.2 Å². The largest absolute Gasteiger partial charge is 0.469 e. The summed E-state index contributed by atoms with van der Waals surface area (Å²) < 4.78 is 4.77. The number of benzene rings is 1. The zero-order valence-corrected chi connectivity index (χ0v) is 16.0. The van der Waals surface area contributed by atoms with Crippen molar-refractivity contribution in [2.24, 2.45) is 0 Å². The molecule has 0 radical (unpaired) electrons. The minimum Gasteiger partial charge on any atom is -0.469 e. The van der Waals surface area contributed by atoms with Gasteiger partial charge < -0.3 is 10.1 Å². The van der Waals surface area contributed by atoms with Gasteiger partial charge in [0.25, 0.3) is 5.91 Å². The molecule has 1 N–H and O–H groups in total. The molecule has 7 heteroatoms. The molecule has 2 heterocycles. The van der Waals surface area contributed by atoms with E-state index in [1.165, 1.54) is 18.4 Å². The van der Waals surface area contributed by atoms with Crippen LogP contribution in [0.2, 0.25) is 0 Å². The Labute approximate surface area is 159 Å². The summed E-state index contributed by atoms with van der Waals surface area (Å²) in [7, 11) is 1.34. The molecule has 26 heavy (non-hydrogen) atoms. The third-order valence-electron chi connectivity index (χ3n) is 3.88. The Hall–Kier alpha value is -2.51. The topological polar surface area (TPSA) is 68.3 Å². The van der Waals surface area contributed by atoms with Crippen molar-refractivity contribution in [1.82, 2.24) is 10.3 Å². The average molecular weight is 386 g/mol. The van der Waals surface area contributed by atoms with Gasteiger partial charge in [0.2, 0.25) is 0 Å². The molecule has 0 aliphatic rings. The van der Waals surface area contributed by atoms with Crippen LogP contribution in [0.5, 0.6) is 0 Å².